The molecule has 1 aromatic carbocycles. The van der Waals surface area contributed by atoms with Crippen LogP contribution in [0.2, 0.25) is 4.34 Å². The Balaban J connectivity index is 1.41. The Labute approximate surface area is 182 Å². The van der Waals surface area contributed by atoms with Gasteiger partial charge in [0.25, 0.3) is 17.4 Å². The number of aromatic nitrogens is 1. The number of carbonyl (C=O) groups is 2. The van der Waals surface area contributed by atoms with E-state index in [0.717, 1.165) is 19.3 Å². The van der Waals surface area contributed by atoms with Crippen LogP contribution >= 0.6 is 22.9 Å². The van der Waals surface area contributed by atoms with Gasteiger partial charge in [0.05, 0.1) is 9.21 Å². The predicted octanol–water partition coefficient (Wildman–Crippen LogP) is 3.63. The molecule has 1 aliphatic carbocycles. The van der Waals surface area contributed by atoms with Crippen molar-refractivity contribution in [3.05, 3.63) is 85.9 Å². The largest absolute Gasteiger partial charge is 0.347 e. The molecular weight excluding hydrogens is 422 g/mol. The van der Waals surface area contributed by atoms with Crippen LogP contribution in [0.1, 0.15) is 39.3 Å². The Kier molecular flexibility index (Phi) is 6.01. The number of hydrogen-bond acceptors (Lipinski definition) is 4. The molecule has 0 spiro atoms. The van der Waals surface area contributed by atoms with Crippen LogP contribution in [-0.4, -0.2) is 28.5 Å². The third-order valence-electron chi connectivity index (χ3n) is 5.18. The molecule has 0 radical (unpaired) electrons. The van der Waals surface area contributed by atoms with Crippen molar-refractivity contribution in [1.29, 1.82) is 0 Å². The van der Waals surface area contributed by atoms with Crippen molar-refractivity contribution in [2.45, 2.75) is 31.3 Å². The topological polar surface area (TPSA) is 80.2 Å². The maximum Gasteiger partial charge on any atom is 0.261 e. The minimum atomic E-state index is -0.202. The molecule has 8 heteroatoms. The molecule has 2 amide bonds. The zero-order valence-corrected chi connectivity index (χ0v) is 17.6. The van der Waals surface area contributed by atoms with E-state index in [4.69, 9.17) is 11.6 Å². The van der Waals surface area contributed by atoms with Gasteiger partial charge in [-0.2, -0.15) is 0 Å². The highest BCUT2D eigenvalue weighted by Gasteiger charge is 2.30. The van der Waals surface area contributed by atoms with Crippen molar-refractivity contribution in [2.24, 2.45) is 0 Å². The first-order chi connectivity index (χ1) is 14.5. The average molecular weight is 442 g/mol. The number of nitrogens with zero attached hydrogens (tertiary/aromatic N) is 1. The number of pyridine rings is 1. The Morgan fingerprint density at radius 2 is 1.63 bits per heavy atom. The smallest absolute Gasteiger partial charge is 0.261 e. The predicted molar refractivity (Wildman–Crippen MR) is 118 cm³/mol. The minimum absolute atomic E-state index is 0.121. The molecule has 1 aliphatic rings. The van der Waals surface area contributed by atoms with Gasteiger partial charge in [-0.1, -0.05) is 17.7 Å². The van der Waals surface area contributed by atoms with E-state index in [1.807, 2.05) is 0 Å². The Morgan fingerprint density at radius 3 is 2.27 bits per heavy atom. The van der Waals surface area contributed by atoms with E-state index in [0.29, 0.717) is 20.5 Å². The average Bonchev–Trinajstić information content (AvgIpc) is 3.37. The lowest BCUT2D eigenvalue weighted by Crippen LogP contribution is -2.48. The summed E-state index contributed by atoms with van der Waals surface area (Å²) < 4.78 is 2.08. The molecule has 0 bridgehead atoms. The third kappa shape index (κ3) is 4.47. The van der Waals surface area contributed by atoms with Gasteiger partial charge in [-0.3, -0.25) is 19.0 Å². The standard InChI is InChI=1S/C22H20ClN3O3S/c23-19-12-11-18(30-19)22(29)25-17-5-3-4-16(17)24-21(28)14-7-9-15(10-8-14)26-13-2-1-6-20(26)27/h1-2,6-13,16-17H,3-5H2,(H,24,28)(H,25,29)/t16-,17-/m0/s1. The van der Waals surface area contributed by atoms with Gasteiger partial charge in [-0.05, 0) is 61.7 Å². The third-order valence-corrected chi connectivity index (χ3v) is 6.41. The van der Waals surface area contributed by atoms with Gasteiger partial charge < -0.3 is 10.6 Å². The lowest BCUT2D eigenvalue weighted by Gasteiger charge is -2.22. The van der Waals surface area contributed by atoms with Crippen molar-refractivity contribution in [1.82, 2.24) is 15.2 Å². The number of carbonyl (C=O) groups excluding carboxylic acids is 2. The molecule has 3 aromatic rings. The molecular formula is C22H20ClN3O3S. The number of amides is 2. The second-order valence-corrected chi connectivity index (χ2v) is 8.87. The molecule has 1 saturated carbocycles. The van der Waals surface area contributed by atoms with Gasteiger partial charge in [-0.15, -0.1) is 11.3 Å². The van der Waals surface area contributed by atoms with Crippen LogP contribution in [0.4, 0.5) is 0 Å². The van der Waals surface area contributed by atoms with Gasteiger partial charge in [-0.25, -0.2) is 0 Å². The Hall–Kier alpha value is -2.90. The second kappa shape index (κ2) is 8.85. The van der Waals surface area contributed by atoms with Crippen LogP contribution in [0.5, 0.6) is 0 Å². The first kappa shape index (κ1) is 20.4. The highest BCUT2D eigenvalue weighted by atomic mass is 35.5. The monoisotopic (exact) mass is 441 g/mol. The molecule has 6 nitrogen and oxygen atoms in total. The molecule has 2 heterocycles. The lowest BCUT2D eigenvalue weighted by atomic mass is 10.1. The van der Waals surface area contributed by atoms with Crippen LogP contribution in [0.3, 0.4) is 0 Å². The van der Waals surface area contributed by atoms with E-state index >= 15 is 0 Å². The van der Waals surface area contributed by atoms with Gasteiger partial charge in [0.2, 0.25) is 0 Å². The molecule has 0 unspecified atom stereocenters. The van der Waals surface area contributed by atoms with Crippen LogP contribution in [0.15, 0.2) is 65.6 Å². The summed E-state index contributed by atoms with van der Waals surface area (Å²) >= 11 is 7.14. The fraction of sp³-hybridized carbons (Fsp3) is 0.227. The molecule has 0 aliphatic heterocycles. The fourth-order valence-electron chi connectivity index (χ4n) is 3.65. The van der Waals surface area contributed by atoms with Crippen molar-refractivity contribution >= 4 is 34.8 Å². The number of nitrogens with one attached hydrogen (secondary N) is 2. The van der Waals surface area contributed by atoms with E-state index in [1.54, 1.807) is 54.7 Å². The summed E-state index contributed by atoms with van der Waals surface area (Å²) in [7, 11) is 0. The van der Waals surface area contributed by atoms with Gasteiger partial charge in [0.15, 0.2) is 0 Å². The quantitative estimate of drug-likeness (QED) is 0.634. The SMILES string of the molecule is O=C(N[C@H]1CCC[C@@H]1NC(=O)c1ccc(Cl)s1)c1ccc(-n2ccccc2=O)cc1. The molecule has 2 N–H and O–H groups in total. The van der Waals surface area contributed by atoms with Gasteiger partial charge >= 0.3 is 0 Å². The summed E-state index contributed by atoms with van der Waals surface area (Å²) in [5.41, 5.74) is 1.06. The zero-order valence-electron chi connectivity index (χ0n) is 16.0. The molecule has 2 aromatic heterocycles. The van der Waals surface area contributed by atoms with Crippen LogP contribution < -0.4 is 16.2 Å². The van der Waals surface area contributed by atoms with Crippen molar-refractivity contribution in [2.75, 3.05) is 0 Å². The molecule has 30 heavy (non-hydrogen) atoms. The first-order valence-corrected chi connectivity index (χ1v) is 10.9. The fourth-order valence-corrected chi connectivity index (χ4v) is 4.59. The summed E-state index contributed by atoms with van der Waals surface area (Å²) in [5.74, 6) is -0.372. The normalized spacial score (nSPS) is 18.2. The first-order valence-electron chi connectivity index (χ1n) is 9.66. The van der Waals surface area contributed by atoms with E-state index < -0.39 is 0 Å². The van der Waals surface area contributed by atoms with E-state index in [9.17, 15) is 14.4 Å². The van der Waals surface area contributed by atoms with Gasteiger partial charge in [0.1, 0.15) is 0 Å². The number of halogens is 1. The van der Waals surface area contributed by atoms with Crippen LogP contribution in [0.25, 0.3) is 5.69 Å². The molecule has 4 rings (SSSR count). The summed E-state index contributed by atoms with van der Waals surface area (Å²) in [4.78, 5) is 37.6. The van der Waals surface area contributed by atoms with E-state index in [1.165, 1.54) is 22.0 Å². The zero-order chi connectivity index (χ0) is 21.1. The Morgan fingerprint density at radius 1 is 0.933 bits per heavy atom. The maximum atomic E-state index is 12.7. The molecule has 154 valence electrons. The summed E-state index contributed by atoms with van der Waals surface area (Å²) in [6.07, 6.45) is 4.23. The number of benzene rings is 1. The van der Waals surface area contributed by atoms with Crippen molar-refractivity contribution < 1.29 is 9.59 Å². The second-order valence-electron chi connectivity index (χ2n) is 7.15. The molecule has 1 fully saturated rings. The number of rotatable bonds is 5. The number of hydrogen-bond donors (Lipinski definition) is 2. The summed E-state index contributed by atoms with van der Waals surface area (Å²) in [5, 5.41) is 6.05. The minimum Gasteiger partial charge on any atom is -0.347 e. The highest BCUT2D eigenvalue weighted by molar-refractivity contribution is 7.18. The van der Waals surface area contributed by atoms with E-state index in [2.05, 4.69) is 10.6 Å². The van der Waals surface area contributed by atoms with Crippen molar-refractivity contribution in [3.63, 3.8) is 0 Å². The number of thiophene rings is 1. The summed E-state index contributed by atoms with van der Waals surface area (Å²) in [6, 6.07) is 15.0. The van der Waals surface area contributed by atoms with Crippen LogP contribution in [-0.2, 0) is 0 Å². The molecule has 0 saturated heterocycles. The van der Waals surface area contributed by atoms with E-state index in [-0.39, 0.29) is 29.5 Å². The van der Waals surface area contributed by atoms with Crippen molar-refractivity contribution in [3.8, 4) is 5.69 Å². The highest BCUT2D eigenvalue weighted by Crippen LogP contribution is 2.24. The van der Waals surface area contributed by atoms with Crippen LogP contribution in [0, 0.1) is 0 Å². The summed E-state index contributed by atoms with van der Waals surface area (Å²) in [6.45, 7) is 0. The molecule has 2 atom stereocenters. The maximum absolute atomic E-state index is 12.7. The van der Waals surface area contributed by atoms with Gasteiger partial charge in [0, 0.05) is 35.6 Å². The Bertz CT molecular complexity index is 1120. The lowest BCUT2D eigenvalue weighted by molar-refractivity contribution is 0.0894.